The van der Waals surface area contributed by atoms with E-state index in [2.05, 4.69) is 15.3 Å². The van der Waals surface area contributed by atoms with Gasteiger partial charge in [-0.3, -0.25) is 15.1 Å². The fourth-order valence-electron chi connectivity index (χ4n) is 2.83. The molecule has 0 bridgehead atoms. The maximum Gasteiger partial charge on any atom is 0.416 e. The molecule has 2 N–H and O–H groups in total. The van der Waals surface area contributed by atoms with Gasteiger partial charge < -0.3 is 5.11 Å². The van der Waals surface area contributed by atoms with Crippen molar-refractivity contribution < 1.29 is 23.1 Å². The molecular weight excluding hydrogens is 474 g/mol. The number of thiazole rings is 1. The molecule has 4 aromatic rings. The Kier molecular flexibility index (Phi) is 6.40. The van der Waals surface area contributed by atoms with E-state index in [1.807, 2.05) is 0 Å². The SMILES string of the molecule is Cl.O=C(Nc1nc2ccc(C(F)(F)F)cc2s1)c1cc(Cl)cc(-c2cccnc2)c1O. The molecule has 5 nitrogen and oxygen atoms in total. The molecule has 4 rings (SSSR count). The van der Waals surface area contributed by atoms with Crippen molar-refractivity contribution in [2.45, 2.75) is 6.18 Å². The second-order valence-corrected chi connectivity index (χ2v) is 7.71. The first kappa shape index (κ1) is 22.8. The number of aromatic nitrogens is 2. The third-order valence-corrected chi connectivity index (χ3v) is 5.38. The molecule has 0 saturated carbocycles. The van der Waals surface area contributed by atoms with Gasteiger partial charge >= 0.3 is 6.18 Å². The summed E-state index contributed by atoms with van der Waals surface area (Å²) in [5.41, 5.74) is 0.294. The standard InChI is InChI=1S/C20H11ClF3N3O2S.ClH/c21-12-7-13(10-2-1-5-25-9-10)17(28)14(8-12)18(29)27-19-26-15-4-3-11(20(22,23)24)6-16(15)30-19;/h1-9,28H,(H,26,27,29);1H. The van der Waals surface area contributed by atoms with E-state index < -0.39 is 17.6 Å². The molecule has 0 fully saturated rings. The molecule has 0 aliphatic rings. The minimum absolute atomic E-state index is 0. The summed E-state index contributed by atoms with van der Waals surface area (Å²) in [6.07, 6.45) is -1.40. The van der Waals surface area contributed by atoms with Gasteiger partial charge in [0.1, 0.15) is 5.75 Å². The lowest BCUT2D eigenvalue weighted by Crippen LogP contribution is -2.12. The van der Waals surface area contributed by atoms with Gasteiger partial charge in [0.15, 0.2) is 5.13 Å². The number of halogens is 5. The van der Waals surface area contributed by atoms with Crippen molar-refractivity contribution in [1.29, 1.82) is 0 Å². The summed E-state index contributed by atoms with van der Waals surface area (Å²) < 4.78 is 38.9. The Morgan fingerprint density at radius 1 is 1.16 bits per heavy atom. The number of benzene rings is 2. The molecule has 11 heteroatoms. The first-order valence-electron chi connectivity index (χ1n) is 8.44. The summed E-state index contributed by atoms with van der Waals surface area (Å²) >= 11 is 7.01. The lowest BCUT2D eigenvalue weighted by molar-refractivity contribution is -0.137. The largest absolute Gasteiger partial charge is 0.506 e. The zero-order chi connectivity index (χ0) is 21.5. The molecule has 0 radical (unpaired) electrons. The number of pyridine rings is 1. The molecule has 0 spiro atoms. The molecule has 0 aliphatic heterocycles. The van der Waals surface area contributed by atoms with Crippen molar-refractivity contribution >= 4 is 56.6 Å². The quantitative estimate of drug-likeness (QED) is 0.351. The van der Waals surface area contributed by atoms with Crippen LogP contribution in [0.2, 0.25) is 5.02 Å². The molecule has 1 amide bonds. The monoisotopic (exact) mass is 485 g/mol. The number of nitrogens with one attached hydrogen (secondary N) is 1. The van der Waals surface area contributed by atoms with Crippen molar-refractivity contribution in [3.05, 3.63) is 71.0 Å². The molecule has 0 atom stereocenters. The van der Waals surface area contributed by atoms with Crippen molar-refractivity contribution in [1.82, 2.24) is 9.97 Å². The molecule has 2 heterocycles. The number of hydrogen-bond acceptors (Lipinski definition) is 5. The predicted molar refractivity (Wildman–Crippen MR) is 116 cm³/mol. The fourth-order valence-corrected chi connectivity index (χ4v) is 3.95. The molecule has 0 aliphatic carbocycles. The van der Waals surface area contributed by atoms with Crippen LogP contribution in [0.15, 0.2) is 54.9 Å². The maximum atomic E-state index is 12.9. The van der Waals surface area contributed by atoms with Crippen molar-refractivity contribution in [3.63, 3.8) is 0 Å². The van der Waals surface area contributed by atoms with Crippen LogP contribution in [0.1, 0.15) is 15.9 Å². The van der Waals surface area contributed by atoms with Gasteiger partial charge in [0.05, 0.1) is 21.3 Å². The summed E-state index contributed by atoms with van der Waals surface area (Å²) in [6, 6.07) is 9.30. The van der Waals surface area contributed by atoms with Gasteiger partial charge in [-0.1, -0.05) is 29.0 Å². The summed E-state index contributed by atoms with van der Waals surface area (Å²) in [6.45, 7) is 0. The number of rotatable bonds is 3. The van der Waals surface area contributed by atoms with Crippen molar-refractivity contribution in [2.75, 3.05) is 5.32 Å². The van der Waals surface area contributed by atoms with Gasteiger partial charge in [0.25, 0.3) is 5.91 Å². The number of carbonyl (C=O) groups excluding carboxylic acids is 1. The van der Waals surface area contributed by atoms with Gasteiger partial charge in [-0.15, -0.1) is 12.4 Å². The minimum atomic E-state index is -4.48. The maximum absolute atomic E-state index is 12.9. The zero-order valence-electron chi connectivity index (χ0n) is 15.3. The summed E-state index contributed by atoms with van der Waals surface area (Å²) in [5, 5.41) is 13.4. The highest BCUT2D eigenvalue weighted by Gasteiger charge is 2.30. The highest BCUT2D eigenvalue weighted by atomic mass is 35.5. The fraction of sp³-hybridized carbons (Fsp3) is 0.0500. The second kappa shape index (κ2) is 8.70. The van der Waals surface area contributed by atoms with Crippen LogP contribution in [0.25, 0.3) is 21.3 Å². The van der Waals surface area contributed by atoms with Gasteiger partial charge in [-0.2, -0.15) is 13.2 Å². The lowest BCUT2D eigenvalue weighted by Gasteiger charge is -2.10. The second-order valence-electron chi connectivity index (χ2n) is 6.24. The number of carbonyl (C=O) groups is 1. The number of amides is 1. The van der Waals surface area contributed by atoms with E-state index >= 15 is 0 Å². The molecule has 2 aromatic heterocycles. The average Bonchev–Trinajstić information content (AvgIpc) is 3.10. The third kappa shape index (κ3) is 4.73. The Balaban J connectivity index is 0.00000272. The normalized spacial score (nSPS) is 11.2. The third-order valence-electron chi connectivity index (χ3n) is 4.23. The van der Waals surface area contributed by atoms with Gasteiger partial charge in [-0.25, -0.2) is 4.98 Å². The lowest BCUT2D eigenvalue weighted by atomic mass is 10.0. The number of alkyl halides is 3. The van der Waals surface area contributed by atoms with Crippen LogP contribution in [0.5, 0.6) is 5.75 Å². The van der Waals surface area contributed by atoms with E-state index in [0.29, 0.717) is 16.6 Å². The molecule has 160 valence electrons. The summed E-state index contributed by atoms with van der Waals surface area (Å²) in [5.74, 6) is -0.999. The van der Waals surface area contributed by atoms with E-state index in [4.69, 9.17) is 11.6 Å². The van der Waals surface area contributed by atoms with Crippen molar-refractivity contribution in [3.8, 4) is 16.9 Å². The first-order chi connectivity index (χ1) is 14.2. The van der Waals surface area contributed by atoms with Crippen LogP contribution < -0.4 is 5.32 Å². The Bertz CT molecular complexity index is 1260. The summed E-state index contributed by atoms with van der Waals surface area (Å²) in [4.78, 5) is 20.8. The highest BCUT2D eigenvalue weighted by Crippen LogP contribution is 2.37. The number of aromatic hydroxyl groups is 1. The molecule has 0 saturated heterocycles. The van der Waals surface area contributed by atoms with Gasteiger partial charge in [0, 0.05) is 28.5 Å². The molecule has 0 unspecified atom stereocenters. The van der Waals surface area contributed by atoms with Gasteiger partial charge in [-0.05, 0) is 36.4 Å². The summed E-state index contributed by atoms with van der Waals surface area (Å²) in [7, 11) is 0. The number of anilines is 1. The van der Waals surface area contributed by atoms with E-state index in [1.165, 1.54) is 24.4 Å². The Hall–Kier alpha value is -2.88. The number of nitrogens with zero attached hydrogens (tertiary/aromatic N) is 2. The van der Waals surface area contributed by atoms with Crippen LogP contribution in [0.3, 0.4) is 0 Å². The number of phenolic OH excluding ortho intramolecular Hbond substituents is 1. The molecule has 2 aromatic carbocycles. The van der Waals surface area contributed by atoms with E-state index in [1.54, 1.807) is 18.3 Å². The van der Waals surface area contributed by atoms with Crippen LogP contribution in [0.4, 0.5) is 18.3 Å². The van der Waals surface area contributed by atoms with E-state index in [-0.39, 0.29) is 38.6 Å². The van der Waals surface area contributed by atoms with E-state index in [9.17, 15) is 23.1 Å². The zero-order valence-corrected chi connectivity index (χ0v) is 17.7. The van der Waals surface area contributed by atoms with Crippen LogP contribution in [-0.4, -0.2) is 21.0 Å². The number of hydrogen-bond donors (Lipinski definition) is 2. The van der Waals surface area contributed by atoms with Crippen LogP contribution in [-0.2, 0) is 6.18 Å². The Labute approximate surface area is 188 Å². The number of fused-ring (bicyclic) bond motifs is 1. The Morgan fingerprint density at radius 3 is 2.61 bits per heavy atom. The smallest absolute Gasteiger partial charge is 0.416 e. The Morgan fingerprint density at radius 2 is 1.94 bits per heavy atom. The van der Waals surface area contributed by atoms with Gasteiger partial charge in [0.2, 0.25) is 0 Å². The van der Waals surface area contributed by atoms with Crippen LogP contribution >= 0.6 is 35.3 Å². The molecule has 31 heavy (non-hydrogen) atoms. The van der Waals surface area contributed by atoms with E-state index in [0.717, 1.165) is 23.5 Å². The first-order valence-corrected chi connectivity index (χ1v) is 9.64. The van der Waals surface area contributed by atoms with Crippen LogP contribution in [0, 0.1) is 0 Å². The van der Waals surface area contributed by atoms with Crippen molar-refractivity contribution in [2.24, 2.45) is 0 Å². The predicted octanol–water partition coefficient (Wildman–Crippen LogP) is 6.41. The molecular formula is C20H12Cl2F3N3O2S. The number of phenols is 1. The average molecular weight is 486 g/mol. The topological polar surface area (TPSA) is 75.1 Å². The minimum Gasteiger partial charge on any atom is -0.506 e. The highest BCUT2D eigenvalue weighted by molar-refractivity contribution is 7.22.